The van der Waals surface area contributed by atoms with Crippen LogP contribution in [-0.4, -0.2) is 26.7 Å². The molecule has 122 valence electrons. The first-order valence-electron chi connectivity index (χ1n) is 7.06. The van der Waals surface area contributed by atoms with Gasteiger partial charge in [-0.3, -0.25) is 4.79 Å². The van der Waals surface area contributed by atoms with Crippen molar-refractivity contribution in [3.63, 3.8) is 0 Å². The quantitative estimate of drug-likeness (QED) is 0.866. The number of anilines is 1. The van der Waals surface area contributed by atoms with E-state index in [0.717, 1.165) is 0 Å². The van der Waals surface area contributed by atoms with Crippen molar-refractivity contribution >= 4 is 23.2 Å². The van der Waals surface area contributed by atoms with E-state index in [4.69, 9.17) is 25.8 Å². The van der Waals surface area contributed by atoms with Crippen molar-refractivity contribution < 1.29 is 19.0 Å². The van der Waals surface area contributed by atoms with Gasteiger partial charge >= 0.3 is 0 Å². The number of hydrogen-bond acceptors (Lipinski definition) is 4. The van der Waals surface area contributed by atoms with E-state index >= 15 is 0 Å². The molecular weight excluding hydrogens is 318 g/mol. The van der Waals surface area contributed by atoms with Crippen molar-refractivity contribution in [2.75, 3.05) is 26.1 Å². The lowest BCUT2D eigenvalue weighted by Gasteiger charge is -2.15. The van der Waals surface area contributed by atoms with E-state index in [2.05, 4.69) is 5.32 Å². The third-order valence-corrected chi connectivity index (χ3v) is 3.45. The Kier molecular flexibility index (Phi) is 5.71. The van der Waals surface area contributed by atoms with E-state index in [1.807, 2.05) is 6.92 Å². The van der Waals surface area contributed by atoms with Crippen molar-refractivity contribution in [1.82, 2.24) is 0 Å². The highest BCUT2D eigenvalue weighted by Gasteiger charge is 2.18. The summed E-state index contributed by atoms with van der Waals surface area (Å²) >= 11 is 6.12. The molecule has 0 saturated heterocycles. The molecule has 0 aliphatic heterocycles. The minimum absolute atomic E-state index is 0.344. The van der Waals surface area contributed by atoms with Crippen molar-refractivity contribution in [1.29, 1.82) is 0 Å². The third kappa shape index (κ3) is 3.68. The van der Waals surface area contributed by atoms with Crippen LogP contribution in [0.5, 0.6) is 17.2 Å². The van der Waals surface area contributed by atoms with Crippen molar-refractivity contribution in [3.05, 3.63) is 47.0 Å². The van der Waals surface area contributed by atoms with Crippen LogP contribution in [0.4, 0.5) is 5.69 Å². The Labute approximate surface area is 140 Å². The molecule has 0 heterocycles. The number of methoxy groups -OCH3 is 2. The normalized spacial score (nSPS) is 10.1. The molecule has 0 saturated carbocycles. The van der Waals surface area contributed by atoms with Gasteiger partial charge in [0.25, 0.3) is 5.91 Å². The lowest BCUT2D eigenvalue weighted by molar-refractivity contribution is 0.102. The van der Waals surface area contributed by atoms with Gasteiger partial charge in [0.1, 0.15) is 0 Å². The molecule has 1 amide bonds. The van der Waals surface area contributed by atoms with Crippen LogP contribution in [0.25, 0.3) is 0 Å². The summed E-state index contributed by atoms with van der Waals surface area (Å²) in [5.41, 5.74) is 0.850. The SMILES string of the molecule is CCOc1c(Cl)cccc1NC(=O)c1cccc(OC)c1OC. The van der Waals surface area contributed by atoms with Crippen LogP contribution in [0.3, 0.4) is 0 Å². The highest BCUT2D eigenvalue weighted by atomic mass is 35.5. The maximum Gasteiger partial charge on any atom is 0.259 e. The van der Waals surface area contributed by atoms with Gasteiger partial charge in [-0.1, -0.05) is 23.7 Å². The molecule has 2 aromatic carbocycles. The number of benzene rings is 2. The zero-order chi connectivity index (χ0) is 16.8. The minimum Gasteiger partial charge on any atom is -0.493 e. The molecule has 5 nitrogen and oxygen atoms in total. The number of ether oxygens (including phenoxy) is 3. The Morgan fingerprint density at radius 1 is 1.09 bits per heavy atom. The smallest absolute Gasteiger partial charge is 0.259 e. The molecule has 2 aromatic rings. The summed E-state index contributed by atoms with van der Waals surface area (Å²) in [5, 5.41) is 3.23. The maximum atomic E-state index is 12.6. The highest BCUT2D eigenvalue weighted by Crippen LogP contribution is 2.35. The van der Waals surface area contributed by atoms with Gasteiger partial charge in [-0.25, -0.2) is 0 Å². The summed E-state index contributed by atoms with van der Waals surface area (Å²) < 4.78 is 16.0. The van der Waals surface area contributed by atoms with E-state index in [-0.39, 0.29) is 5.91 Å². The first-order valence-corrected chi connectivity index (χ1v) is 7.43. The van der Waals surface area contributed by atoms with Crippen LogP contribution >= 0.6 is 11.6 Å². The number of hydrogen-bond donors (Lipinski definition) is 1. The van der Waals surface area contributed by atoms with Crippen LogP contribution in [0.1, 0.15) is 17.3 Å². The molecule has 2 rings (SSSR count). The molecule has 23 heavy (non-hydrogen) atoms. The summed E-state index contributed by atoms with van der Waals surface area (Å²) in [6.45, 7) is 2.29. The van der Waals surface area contributed by atoms with Gasteiger partial charge in [-0.2, -0.15) is 0 Å². The molecule has 0 aliphatic carbocycles. The number of rotatable bonds is 6. The van der Waals surface area contributed by atoms with Crippen molar-refractivity contribution in [3.8, 4) is 17.2 Å². The number of para-hydroxylation sites is 2. The lowest BCUT2D eigenvalue weighted by Crippen LogP contribution is -2.14. The monoisotopic (exact) mass is 335 g/mol. The van der Waals surface area contributed by atoms with E-state index in [9.17, 15) is 4.79 Å². The predicted octanol–water partition coefficient (Wildman–Crippen LogP) is 4.01. The summed E-state index contributed by atoms with van der Waals surface area (Å²) in [5.74, 6) is 0.944. The standard InChI is InChI=1S/C17H18ClNO4/c1-4-23-16-12(18)8-6-9-13(16)19-17(20)11-7-5-10-14(21-2)15(11)22-3/h5-10H,4H2,1-3H3,(H,19,20). The molecule has 1 N–H and O–H groups in total. The van der Waals surface area contributed by atoms with Crippen molar-refractivity contribution in [2.45, 2.75) is 6.92 Å². The zero-order valence-electron chi connectivity index (χ0n) is 13.2. The van der Waals surface area contributed by atoms with E-state index < -0.39 is 0 Å². The third-order valence-electron chi connectivity index (χ3n) is 3.15. The van der Waals surface area contributed by atoms with E-state index in [1.54, 1.807) is 36.4 Å². The average Bonchev–Trinajstić information content (AvgIpc) is 2.57. The number of carbonyl (C=O) groups is 1. The molecule has 0 atom stereocenters. The molecule has 0 spiro atoms. The van der Waals surface area contributed by atoms with Crippen LogP contribution in [0, 0.1) is 0 Å². The Balaban J connectivity index is 2.35. The van der Waals surface area contributed by atoms with Gasteiger partial charge in [-0.05, 0) is 31.2 Å². The van der Waals surface area contributed by atoms with Crippen LogP contribution in [-0.2, 0) is 0 Å². The molecule has 6 heteroatoms. The first-order chi connectivity index (χ1) is 11.1. The summed E-state index contributed by atoms with van der Waals surface area (Å²) in [6.07, 6.45) is 0. The van der Waals surface area contributed by atoms with Crippen molar-refractivity contribution in [2.24, 2.45) is 0 Å². The Morgan fingerprint density at radius 3 is 2.48 bits per heavy atom. The minimum atomic E-state index is -0.344. The van der Waals surface area contributed by atoms with Crippen LogP contribution in [0.15, 0.2) is 36.4 Å². The maximum absolute atomic E-state index is 12.6. The Morgan fingerprint density at radius 2 is 1.83 bits per heavy atom. The van der Waals surface area contributed by atoms with Gasteiger partial charge < -0.3 is 19.5 Å². The molecule has 0 unspecified atom stereocenters. The molecular formula is C17H18ClNO4. The zero-order valence-corrected chi connectivity index (χ0v) is 13.9. The first kappa shape index (κ1) is 17.0. The second-order valence-electron chi connectivity index (χ2n) is 4.54. The second kappa shape index (κ2) is 7.74. The molecule has 0 aliphatic rings. The fourth-order valence-corrected chi connectivity index (χ4v) is 2.38. The fraction of sp³-hybridized carbons (Fsp3) is 0.235. The number of amides is 1. The fourth-order valence-electron chi connectivity index (χ4n) is 2.15. The average molecular weight is 336 g/mol. The van der Waals surface area contributed by atoms with E-state index in [0.29, 0.717) is 40.1 Å². The van der Waals surface area contributed by atoms with E-state index in [1.165, 1.54) is 14.2 Å². The predicted molar refractivity (Wildman–Crippen MR) is 90.1 cm³/mol. The number of halogens is 1. The molecule has 0 aromatic heterocycles. The number of carbonyl (C=O) groups excluding carboxylic acids is 1. The number of nitrogens with one attached hydrogen (secondary N) is 1. The summed E-state index contributed by atoms with van der Waals surface area (Å²) in [4.78, 5) is 12.6. The largest absolute Gasteiger partial charge is 0.493 e. The van der Waals surface area contributed by atoms with Crippen LogP contribution in [0.2, 0.25) is 5.02 Å². The summed E-state index contributed by atoms with van der Waals surface area (Å²) in [6, 6.07) is 10.3. The van der Waals surface area contributed by atoms with Gasteiger partial charge in [0, 0.05) is 0 Å². The second-order valence-corrected chi connectivity index (χ2v) is 4.95. The Hall–Kier alpha value is -2.40. The molecule has 0 fully saturated rings. The lowest BCUT2D eigenvalue weighted by atomic mass is 10.1. The molecule has 0 bridgehead atoms. The summed E-state index contributed by atoms with van der Waals surface area (Å²) in [7, 11) is 3.00. The van der Waals surface area contributed by atoms with Gasteiger partial charge in [-0.15, -0.1) is 0 Å². The van der Waals surface area contributed by atoms with Crippen LogP contribution < -0.4 is 19.5 Å². The Bertz CT molecular complexity index is 703. The van der Waals surface area contributed by atoms with Gasteiger partial charge in [0.15, 0.2) is 17.2 Å². The molecule has 0 radical (unpaired) electrons. The van der Waals surface area contributed by atoms with Gasteiger partial charge in [0.05, 0.1) is 37.1 Å². The van der Waals surface area contributed by atoms with Gasteiger partial charge in [0.2, 0.25) is 0 Å². The highest BCUT2D eigenvalue weighted by molar-refractivity contribution is 6.32. The topological polar surface area (TPSA) is 56.8 Å².